The number of alkyl halides is 3. The van der Waals surface area contributed by atoms with Gasteiger partial charge < -0.3 is 4.98 Å². The highest BCUT2D eigenvalue weighted by Gasteiger charge is 2.33. The third kappa shape index (κ3) is 1.50. The van der Waals surface area contributed by atoms with Crippen molar-refractivity contribution in [1.29, 1.82) is 0 Å². The van der Waals surface area contributed by atoms with Gasteiger partial charge in [-0.1, -0.05) is 6.07 Å². The molecule has 0 bridgehead atoms. The first-order valence-electron chi connectivity index (χ1n) is 4.74. The highest BCUT2D eigenvalue weighted by atomic mass is 19.4. The average molecular weight is 230 g/mol. The number of nitrogens with one attached hydrogen (secondary N) is 1. The summed E-state index contributed by atoms with van der Waals surface area (Å²) >= 11 is 0. The van der Waals surface area contributed by atoms with Gasteiger partial charge in [0.15, 0.2) is 0 Å². The lowest BCUT2D eigenvalue weighted by Crippen LogP contribution is -2.14. The van der Waals surface area contributed by atoms with Crippen LogP contribution in [0.5, 0.6) is 0 Å². The predicted octanol–water partition coefficient (Wildman–Crippen LogP) is 2.37. The lowest BCUT2D eigenvalue weighted by molar-refractivity contribution is -0.136. The Bertz CT molecular complexity index is 580. The third-order valence-corrected chi connectivity index (χ3v) is 2.43. The van der Waals surface area contributed by atoms with Crippen molar-refractivity contribution in [2.75, 3.05) is 0 Å². The monoisotopic (exact) mass is 230 g/mol. The van der Waals surface area contributed by atoms with Gasteiger partial charge in [0, 0.05) is 6.54 Å². The van der Waals surface area contributed by atoms with Gasteiger partial charge >= 0.3 is 11.9 Å². The Morgan fingerprint density at radius 1 is 1.38 bits per heavy atom. The van der Waals surface area contributed by atoms with Gasteiger partial charge in [0.05, 0.1) is 16.6 Å². The van der Waals surface area contributed by atoms with Crippen molar-refractivity contribution >= 4 is 11.0 Å². The number of aryl methyl sites for hydroxylation is 1. The summed E-state index contributed by atoms with van der Waals surface area (Å²) in [4.78, 5) is 13.6. The second-order valence-electron chi connectivity index (χ2n) is 3.37. The average Bonchev–Trinajstić information content (AvgIpc) is 2.50. The topological polar surface area (TPSA) is 37.8 Å². The molecule has 0 fully saturated rings. The van der Waals surface area contributed by atoms with E-state index >= 15 is 0 Å². The standard InChI is InChI=1S/C10H9F3N2O/c1-2-15-7-5-3-4-6(10(11,12)13)8(7)14-9(15)16/h3-5H,2H2,1H3,(H,14,16). The van der Waals surface area contributed by atoms with E-state index in [9.17, 15) is 18.0 Å². The van der Waals surface area contributed by atoms with E-state index in [4.69, 9.17) is 0 Å². The molecule has 1 heterocycles. The zero-order valence-corrected chi connectivity index (χ0v) is 8.43. The first-order valence-corrected chi connectivity index (χ1v) is 4.74. The molecule has 1 N–H and O–H groups in total. The third-order valence-electron chi connectivity index (χ3n) is 2.43. The molecule has 0 saturated heterocycles. The summed E-state index contributed by atoms with van der Waals surface area (Å²) in [6.45, 7) is 2.04. The van der Waals surface area contributed by atoms with Crippen molar-refractivity contribution in [2.24, 2.45) is 0 Å². The van der Waals surface area contributed by atoms with Crippen LogP contribution in [-0.2, 0) is 12.7 Å². The number of nitrogens with zero attached hydrogens (tertiary/aromatic N) is 1. The summed E-state index contributed by atoms with van der Waals surface area (Å²) in [6, 6.07) is 3.74. The summed E-state index contributed by atoms with van der Waals surface area (Å²) in [7, 11) is 0. The van der Waals surface area contributed by atoms with Gasteiger partial charge in [0.1, 0.15) is 0 Å². The number of hydrogen-bond donors (Lipinski definition) is 1. The lowest BCUT2D eigenvalue weighted by atomic mass is 10.2. The van der Waals surface area contributed by atoms with E-state index in [0.717, 1.165) is 6.07 Å². The van der Waals surface area contributed by atoms with E-state index in [1.54, 1.807) is 6.92 Å². The summed E-state index contributed by atoms with van der Waals surface area (Å²) in [5, 5.41) is 0. The van der Waals surface area contributed by atoms with Crippen LogP contribution in [0.15, 0.2) is 23.0 Å². The number of para-hydroxylation sites is 1. The number of hydrogen-bond acceptors (Lipinski definition) is 1. The number of aromatic nitrogens is 2. The maximum atomic E-state index is 12.6. The molecule has 0 atom stereocenters. The summed E-state index contributed by atoms with van der Waals surface area (Å²) in [5.41, 5.74) is -1.20. The maximum absolute atomic E-state index is 12.6. The van der Waals surface area contributed by atoms with Crippen molar-refractivity contribution in [3.63, 3.8) is 0 Å². The van der Waals surface area contributed by atoms with Gasteiger partial charge in [-0.05, 0) is 19.1 Å². The highest BCUT2D eigenvalue weighted by molar-refractivity contribution is 5.79. The van der Waals surface area contributed by atoms with Crippen LogP contribution in [0, 0.1) is 0 Å². The largest absolute Gasteiger partial charge is 0.418 e. The molecule has 2 aromatic rings. The van der Waals surface area contributed by atoms with Crippen LogP contribution < -0.4 is 5.69 Å². The summed E-state index contributed by atoms with van der Waals surface area (Å²) < 4.78 is 39.2. The quantitative estimate of drug-likeness (QED) is 0.802. The molecule has 0 spiro atoms. The second-order valence-corrected chi connectivity index (χ2v) is 3.37. The van der Waals surface area contributed by atoms with Gasteiger partial charge in [-0.3, -0.25) is 4.57 Å². The van der Waals surface area contributed by atoms with E-state index in [0.29, 0.717) is 6.54 Å². The number of imidazole rings is 1. The van der Waals surface area contributed by atoms with Crippen LogP contribution >= 0.6 is 0 Å². The van der Waals surface area contributed by atoms with Crippen LogP contribution in [0.1, 0.15) is 12.5 Å². The number of H-pyrrole nitrogens is 1. The van der Waals surface area contributed by atoms with Crippen LogP contribution in [0.25, 0.3) is 11.0 Å². The molecule has 0 aliphatic rings. The fourth-order valence-electron chi connectivity index (χ4n) is 1.73. The number of halogens is 3. The van der Waals surface area contributed by atoms with Gasteiger partial charge in [-0.15, -0.1) is 0 Å². The Hall–Kier alpha value is -1.72. The molecule has 3 nitrogen and oxygen atoms in total. The number of benzene rings is 1. The fraction of sp³-hybridized carbons (Fsp3) is 0.300. The minimum absolute atomic E-state index is 0.151. The molecule has 1 aromatic carbocycles. The van der Waals surface area contributed by atoms with Crippen LogP contribution in [0.2, 0.25) is 0 Å². The minimum atomic E-state index is -4.46. The van der Waals surface area contributed by atoms with Crippen molar-refractivity contribution < 1.29 is 13.2 Å². The van der Waals surface area contributed by atoms with Gasteiger partial charge in [0.25, 0.3) is 0 Å². The first-order chi connectivity index (χ1) is 7.45. The normalized spacial score (nSPS) is 12.2. The van der Waals surface area contributed by atoms with Crippen molar-refractivity contribution in [3.8, 4) is 0 Å². The van der Waals surface area contributed by atoms with E-state index in [2.05, 4.69) is 4.98 Å². The Morgan fingerprint density at radius 3 is 2.62 bits per heavy atom. The summed E-state index contributed by atoms with van der Waals surface area (Å²) in [6.07, 6.45) is -4.46. The van der Waals surface area contributed by atoms with E-state index in [1.807, 2.05) is 0 Å². The fourth-order valence-corrected chi connectivity index (χ4v) is 1.73. The lowest BCUT2D eigenvalue weighted by Gasteiger charge is -2.07. The van der Waals surface area contributed by atoms with E-state index in [-0.39, 0.29) is 11.0 Å². The molecule has 0 saturated carbocycles. The molecule has 16 heavy (non-hydrogen) atoms. The molecule has 6 heteroatoms. The molecule has 86 valence electrons. The molecule has 2 rings (SSSR count). The molecule has 0 aliphatic carbocycles. The van der Waals surface area contributed by atoms with E-state index < -0.39 is 17.4 Å². The maximum Gasteiger partial charge on any atom is 0.418 e. The Balaban J connectivity index is 2.85. The van der Waals surface area contributed by atoms with Gasteiger partial charge in [-0.25, -0.2) is 4.79 Å². The highest BCUT2D eigenvalue weighted by Crippen LogP contribution is 2.33. The molecule has 0 aliphatic heterocycles. The van der Waals surface area contributed by atoms with Crippen LogP contribution in [-0.4, -0.2) is 9.55 Å². The Morgan fingerprint density at radius 2 is 2.06 bits per heavy atom. The molecule has 0 amide bonds. The zero-order valence-electron chi connectivity index (χ0n) is 8.43. The van der Waals surface area contributed by atoms with Gasteiger partial charge in [-0.2, -0.15) is 13.2 Å². The molecule has 0 radical (unpaired) electrons. The zero-order chi connectivity index (χ0) is 11.9. The van der Waals surface area contributed by atoms with Crippen molar-refractivity contribution in [3.05, 3.63) is 34.2 Å². The number of fused-ring (bicyclic) bond motifs is 1. The number of aromatic amines is 1. The summed E-state index contributed by atoms with van der Waals surface area (Å²) in [5.74, 6) is 0. The predicted molar refractivity (Wildman–Crippen MR) is 53.2 cm³/mol. The smallest absolute Gasteiger partial charge is 0.305 e. The molecular weight excluding hydrogens is 221 g/mol. The second kappa shape index (κ2) is 3.40. The Kier molecular flexibility index (Phi) is 2.29. The van der Waals surface area contributed by atoms with E-state index in [1.165, 1.54) is 16.7 Å². The van der Waals surface area contributed by atoms with Crippen molar-refractivity contribution in [2.45, 2.75) is 19.6 Å². The Labute approximate surface area is 88.5 Å². The number of rotatable bonds is 1. The van der Waals surface area contributed by atoms with Crippen LogP contribution in [0.4, 0.5) is 13.2 Å². The molecular formula is C10H9F3N2O. The SMILES string of the molecule is CCn1c(=O)[nH]c2c(C(F)(F)F)cccc21. The van der Waals surface area contributed by atoms with Crippen LogP contribution in [0.3, 0.4) is 0 Å². The molecule has 1 aromatic heterocycles. The minimum Gasteiger partial charge on any atom is -0.305 e. The molecule has 0 unspecified atom stereocenters. The first kappa shape index (κ1) is 10.8. The van der Waals surface area contributed by atoms with Crippen molar-refractivity contribution in [1.82, 2.24) is 9.55 Å². The van der Waals surface area contributed by atoms with Gasteiger partial charge in [0.2, 0.25) is 0 Å².